The lowest BCUT2D eigenvalue weighted by molar-refractivity contribution is -0.138. The van der Waals surface area contributed by atoms with E-state index < -0.39 is 17.7 Å². The largest absolute Gasteiger partial charge is 0.481 e. The van der Waals surface area contributed by atoms with Gasteiger partial charge in [0.25, 0.3) is 0 Å². The van der Waals surface area contributed by atoms with Crippen molar-refractivity contribution in [3.63, 3.8) is 0 Å². The summed E-state index contributed by atoms with van der Waals surface area (Å²) in [4.78, 5) is 11.4. The highest BCUT2D eigenvalue weighted by molar-refractivity contribution is 9.10. The van der Waals surface area contributed by atoms with Crippen LogP contribution in [0.15, 0.2) is 46.9 Å². The van der Waals surface area contributed by atoms with Crippen LogP contribution in [-0.2, 0) is 11.2 Å². The molecule has 0 aliphatic rings. The first-order valence-electron chi connectivity index (χ1n) is 5.90. The topological polar surface area (TPSA) is 37.3 Å². The van der Waals surface area contributed by atoms with Crippen LogP contribution in [-0.4, -0.2) is 11.1 Å². The van der Waals surface area contributed by atoms with Crippen molar-refractivity contribution >= 4 is 33.5 Å². The molecule has 2 rings (SSSR count). The smallest absolute Gasteiger partial charge is 0.311 e. The SMILES string of the molecule is O=C(O)C(Cc1cccc(F)c1Br)c1ccc(Cl)cc1. The molecule has 104 valence electrons. The molecule has 0 saturated carbocycles. The maximum atomic E-state index is 13.5. The summed E-state index contributed by atoms with van der Waals surface area (Å²) in [6, 6.07) is 11.2. The molecular weight excluding hydrogens is 347 g/mol. The molecular formula is C15H11BrClFO2. The predicted molar refractivity (Wildman–Crippen MR) is 79.6 cm³/mol. The van der Waals surface area contributed by atoms with E-state index in [2.05, 4.69) is 15.9 Å². The van der Waals surface area contributed by atoms with Crippen LogP contribution >= 0.6 is 27.5 Å². The number of carboxylic acids is 1. The zero-order valence-corrected chi connectivity index (χ0v) is 12.7. The molecule has 0 aromatic heterocycles. The fourth-order valence-corrected chi connectivity index (χ4v) is 2.52. The normalized spacial score (nSPS) is 12.2. The lowest BCUT2D eigenvalue weighted by Gasteiger charge is -2.14. The number of carboxylic acid groups (broad SMARTS) is 1. The number of halogens is 3. The van der Waals surface area contributed by atoms with Crippen molar-refractivity contribution in [2.45, 2.75) is 12.3 Å². The van der Waals surface area contributed by atoms with Gasteiger partial charge in [-0.15, -0.1) is 0 Å². The Morgan fingerprint density at radius 2 is 1.90 bits per heavy atom. The molecule has 0 amide bonds. The van der Waals surface area contributed by atoms with Gasteiger partial charge in [-0.2, -0.15) is 0 Å². The molecule has 0 heterocycles. The number of aliphatic carboxylic acids is 1. The number of carbonyl (C=O) groups is 1. The van der Waals surface area contributed by atoms with Gasteiger partial charge in [0.2, 0.25) is 0 Å². The van der Waals surface area contributed by atoms with Crippen LogP contribution in [0.25, 0.3) is 0 Å². The van der Waals surface area contributed by atoms with E-state index in [-0.39, 0.29) is 6.42 Å². The van der Waals surface area contributed by atoms with Crippen LogP contribution in [0.5, 0.6) is 0 Å². The summed E-state index contributed by atoms with van der Waals surface area (Å²) in [6.45, 7) is 0. The minimum absolute atomic E-state index is 0.204. The lowest BCUT2D eigenvalue weighted by atomic mass is 9.92. The van der Waals surface area contributed by atoms with Gasteiger partial charge in [-0.25, -0.2) is 4.39 Å². The van der Waals surface area contributed by atoms with Crippen LogP contribution in [0, 0.1) is 5.82 Å². The third-order valence-corrected chi connectivity index (χ3v) is 4.17. The van der Waals surface area contributed by atoms with E-state index in [1.807, 2.05) is 0 Å². The molecule has 2 aromatic rings. The molecule has 0 radical (unpaired) electrons. The number of hydrogen-bond acceptors (Lipinski definition) is 1. The molecule has 0 saturated heterocycles. The van der Waals surface area contributed by atoms with Gasteiger partial charge in [0.05, 0.1) is 10.4 Å². The van der Waals surface area contributed by atoms with Gasteiger partial charge >= 0.3 is 5.97 Å². The van der Waals surface area contributed by atoms with E-state index in [4.69, 9.17) is 11.6 Å². The highest BCUT2D eigenvalue weighted by Gasteiger charge is 2.22. The van der Waals surface area contributed by atoms with E-state index in [9.17, 15) is 14.3 Å². The summed E-state index contributed by atoms with van der Waals surface area (Å²) in [6.07, 6.45) is 0.204. The summed E-state index contributed by atoms with van der Waals surface area (Å²) >= 11 is 8.95. The van der Waals surface area contributed by atoms with Crippen LogP contribution in [0.1, 0.15) is 17.0 Å². The van der Waals surface area contributed by atoms with E-state index in [0.29, 0.717) is 20.6 Å². The van der Waals surface area contributed by atoms with Crippen LogP contribution in [0.4, 0.5) is 4.39 Å². The summed E-state index contributed by atoms with van der Waals surface area (Å²) in [5.74, 6) is -2.10. The van der Waals surface area contributed by atoms with Crippen molar-refractivity contribution in [2.75, 3.05) is 0 Å². The Labute approximate surface area is 129 Å². The van der Waals surface area contributed by atoms with Crippen molar-refractivity contribution in [2.24, 2.45) is 0 Å². The Kier molecular flexibility index (Phi) is 4.78. The van der Waals surface area contributed by atoms with Crippen molar-refractivity contribution in [1.82, 2.24) is 0 Å². The van der Waals surface area contributed by atoms with Gasteiger partial charge in [-0.3, -0.25) is 4.79 Å². The number of benzene rings is 2. The minimum atomic E-state index is -0.955. The average molecular weight is 358 g/mol. The zero-order valence-electron chi connectivity index (χ0n) is 10.3. The summed E-state index contributed by atoms with van der Waals surface area (Å²) in [5.41, 5.74) is 1.26. The molecule has 1 unspecified atom stereocenters. The monoisotopic (exact) mass is 356 g/mol. The van der Waals surface area contributed by atoms with Gasteiger partial charge in [0.1, 0.15) is 5.82 Å². The van der Waals surface area contributed by atoms with Gasteiger partial charge in [-0.05, 0) is 51.7 Å². The molecule has 0 aliphatic carbocycles. The third kappa shape index (κ3) is 3.38. The van der Waals surface area contributed by atoms with E-state index in [0.717, 1.165) is 0 Å². The summed E-state index contributed by atoms with van der Waals surface area (Å²) in [7, 11) is 0. The third-order valence-electron chi connectivity index (χ3n) is 3.03. The van der Waals surface area contributed by atoms with Gasteiger partial charge < -0.3 is 5.11 Å². The zero-order chi connectivity index (χ0) is 14.7. The average Bonchev–Trinajstić information content (AvgIpc) is 2.41. The minimum Gasteiger partial charge on any atom is -0.481 e. The van der Waals surface area contributed by atoms with Gasteiger partial charge in [0.15, 0.2) is 0 Å². The standard InChI is InChI=1S/C15H11BrClFO2/c16-14-10(2-1-3-13(14)18)8-12(15(19)20)9-4-6-11(17)7-5-9/h1-7,12H,8H2,(H,19,20). The molecule has 1 atom stereocenters. The van der Waals surface area contributed by atoms with E-state index in [1.54, 1.807) is 36.4 Å². The van der Waals surface area contributed by atoms with Crippen LogP contribution in [0.3, 0.4) is 0 Å². The first kappa shape index (κ1) is 15.0. The fraction of sp³-hybridized carbons (Fsp3) is 0.133. The fourth-order valence-electron chi connectivity index (χ4n) is 1.97. The molecule has 0 fully saturated rings. The number of rotatable bonds is 4. The van der Waals surface area contributed by atoms with E-state index >= 15 is 0 Å². The molecule has 2 aromatic carbocycles. The maximum Gasteiger partial charge on any atom is 0.311 e. The second-order valence-corrected chi connectivity index (χ2v) is 5.59. The second kappa shape index (κ2) is 6.37. The first-order chi connectivity index (χ1) is 9.49. The molecule has 1 N–H and O–H groups in total. The molecule has 5 heteroatoms. The lowest BCUT2D eigenvalue weighted by Crippen LogP contribution is -2.14. The van der Waals surface area contributed by atoms with Crippen molar-refractivity contribution in [3.8, 4) is 0 Å². The Morgan fingerprint density at radius 3 is 2.50 bits per heavy atom. The maximum absolute atomic E-state index is 13.5. The van der Waals surface area contributed by atoms with Crippen molar-refractivity contribution < 1.29 is 14.3 Å². The first-order valence-corrected chi connectivity index (χ1v) is 7.07. The Bertz CT molecular complexity index is 628. The second-order valence-electron chi connectivity index (χ2n) is 4.36. The predicted octanol–water partition coefficient (Wildman–Crippen LogP) is 4.65. The van der Waals surface area contributed by atoms with Crippen LogP contribution < -0.4 is 0 Å². The highest BCUT2D eigenvalue weighted by Crippen LogP contribution is 2.28. The van der Waals surface area contributed by atoms with Crippen molar-refractivity contribution in [3.05, 3.63) is 68.9 Å². The van der Waals surface area contributed by atoms with Crippen LogP contribution in [0.2, 0.25) is 5.02 Å². The number of hydrogen-bond donors (Lipinski definition) is 1. The Morgan fingerprint density at radius 1 is 1.25 bits per heavy atom. The van der Waals surface area contributed by atoms with Gasteiger partial charge in [0, 0.05) is 5.02 Å². The summed E-state index contributed by atoms with van der Waals surface area (Å²) < 4.78 is 13.8. The summed E-state index contributed by atoms with van der Waals surface area (Å²) in [5, 5.41) is 9.92. The van der Waals surface area contributed by atoms with E-state index in [1.165, 1.54) is 6.07 Å². The Hall–Kier alpha value is -1.39. The Balaban J connectivity index is 2.33. The molecule has 20 heavy (non-hydrogen) atoms. The van der Waals surface area contributed by atoms with Gasteiger partial charge in [-0.1, -0.05) is 35.9 Å². The van der Waals surface area contributed by atoms with Crippen molar-refractivity contribution in [1.29, 1.82) is 0 Å². The molecule has 2 nitrogen and oxygen atoms in total. The molecule has 0 aliphatic heterocycles. The molecule has 0 bridgehead atoms. The quantitative estimate of drug-likeness (QED) is 0.864. The molecule has 0 spiro atoms. The highest BCUT2D eigenvalue weighted by atomic mass is 79.9.